The monoisotopic (exact) mass is 339 g/mol. The van der Waals surface area contributed by atoms with Gasteiger partial charge in [0.2, 0.25) is 0 Å². The number of rotatable bonds is 3. The Hall–Kier alpha value is -2.54. The Bertz CT molecular complexity index is 807. The second kappa shape index (κ2) is 6.52. The molecule has 0 bridgehead atoms. The van der Waals surface area contributed by atoms with Crippen LogP contribution in [-0.2, 0) is 0 Å². The van der Waals surface area contributed by atoms with Crippen molar-refractivity contribution in [3.8, 4) is 11.3 Å². The lowest BCUT2D eigenvalue weighted by atomic mass is 9.97. The molecule has 24 heavy (non-hydrogen) atoms. The van der Waals surface area contributed by atoms with Crippen LogP contribution >= 0.6 is 11.3 Å². The number of amides is 1. The first kappa shape index (κ1) is 15.0. The number of carbonyl (C=O) groups is 1. The van der Waals surface area contributed by atoms with Crippen molar-refractivity contribution in [2.75, 3.05) is 13.1 Å². The van der Waals surface area contributed by atoms with E-state index in [0.717, 1.165) is 42.2 Å². The normalized spacial score (nSPS) is 15.6. The second-order valence-electron chi connectivity index (χ2n) is 5.84. The molecule has 1 N–H and O–H groups in total. The fraction of sp³-hybridized carbons (Fsp3) is 0.294. The summed E-state index contributed by atoms with van der Waals surface area (Å²) in [4.78, 5) is 23.1. The lowest BCUT2D eigenvalue weighted by Gasteiger charge is -2.30. The molecule has 7 heteroatoms. The van der Waals surface area contributed by atoms with Gasteiger partial charge in [0.25, 0.3) is 5.91 Å². The predicted octanol–water partition coefficient (Wildman–Crippen LogP) is 2.95. The minimum absolute atomic E-state index is 0.0302. The van der Waals surface area contributed by atoms with Crippen LogP contribution in [0.15, 0.2) is 42.2 Å². The fourth-order valence-corrected chi connectivity index (χ4v) is 4.01. The number of H-pyrrole nitrogens is 1. The Balaban J connectivity index is 1.41. The van der Waals surface area contributed by atoms with Crippen molar-refractivity contribution >= 4 is 17.2 Å². The minimum atomic E-state index is 0.0302. The Morgan fingerprint density at radius 2 is 1.96 bits per heavy atom. The van der Waals surface area contributed by atoms with Gasteiger partial charge in [-0.05, 0) is 31.0 Å². The summed E-state index contributed by atoms with van der Waals surface area (Å²) in [6.45, 7) is 1.51. The number of aromatic nitrogens is 4. The van der Waals surface area contributed by atoms with Crippen LogP contribution < -0.4 is 0 Å². The van der Waals surface area contributed by atoms with Gasteiger partial charge in [-0.2, -0.15) is 5.10 Å². The summed E-state index contributed by atoms with van der Waals surface area (Å²) in [5.41, 5.74) is 2.66. The van der Waals surface area contributed by atoms with E-state index in [1.807, 2.05) is 17.0 Å². The molecular formula is C17H17N5OS. The first-order valence-corrected chi connectivity index (χ1v) is 8.83. The molecule has 0 spiro atoms. The molecule has 1 amide bonds. The average Bonchev–Trinajstić information content (AvgIpc) is 3.34. The number of piperidine rings is 1. The molecule has 0 aromatic carbocycles. The zero-order valence-corrected chi connectivity index (χ0v) is 13.9. The topological polar surface area (TPSA) is 74.8 Å². The van der Waals surface area contributed by atoms with E-state index >= 15 is 0 Å². The number of hydrogen-bond acceptors (Lipinski definition) is 5. The molecule has 3 aromatic rings. The van der Waals surface area contributed by atoms with E-state index in [1.165, 1.54) is 0 Å². The summed E-state index contributed by atoms with van der Waals surface area (Å²) in [5.74, 6) is 0.457. The van der Waals surface area contributed by atoms with Crippen LogP contribution in [0.4, 0.5) is 0 Å². The smallest absolute Gasteiger partial charge is 0.271 e. The van der Waals surface area contributed by atoms with Gasteiger partial charge in [-0.15, -0.1) is 11.3 Å². The third-order valence-electron chi connectivity index (χ3n) is 4.36. The maximum absolute atomic E-state index is 12.3. The number of pyridine rings is 1. The molecule has 6 nitrogen and oxygen atoms in total. The molecule has 0 saturated carbocycles. The van der Waals surface area contributed by atoms with Crippen molar-refractivity contribution in [1.29, 1.82) is 0 Å². The zero-order valence-electron chi connectivity index (χ0n) is 13.1. The molecule has 0 radical (unpaired) electrons. The van der Waals surface area contributed by atoms with Crippen molar-refractivity contribution in [2.24, 2.45) is 0 Å². The van der Waals surface area contributed by atoms with E-state index in [2.05, 4.69) is 20.6 Å². The van der Waals surface area contributed by atoms with Crippen LogP contribution in [0.3, 0.4) is 0 Å². The van der Waals surface area contributed by atoms with Crippen molar-refractivity contribution in [3.05, 3.63) is 52.9 Å². The first-order chi connectivity index (χ1) is 11.8. The van der Waals surface area contributed by atoms with Gasteiger partial charge < -0.3 is 4.90 Å². The van der Waals surface area contributed by atoms with E-state index in [9.17, 15) is 4.79 Å². The highest BCUT2D eigenvalue weighted by Crippen LogP contribution is 2.33. The van der Waals surface area contributed by atoms with Gasteiger partial charge in [-0.3, -0.25) is 14.9 Å². The SMILES string of the molecule is O=C(c1ccn[nH]1)N1CCC(c2nc(-c3ccncc3)cs2)CC1. The highest BCUT2D eigenvalue weighted by atomic mass is 32.1. The van der Waals surface area contributed by atoms with Crippen LogP contribution in [0.1, 0.15) is 34.3 Å². The number of thiazole rings is 1. The van der Waals surface area contributed by atoms with Gasteiger partial charge in [-0.1, -0.05) is 0 Å². The van der Waals surface area contributed by atoms with Crippen molar-refractivity contribution < 1.29 is 4.79 Å². The number of nitrogens with zero attached hydrogens (tertiary/aromatic N) is 4. The molecule has 1 aliphatic heterocycles. The van der Waals surface area contributed by atoms with Crippen molar-refractivity contribution in [2.45, 2.75) is 18.8 Å². The lowest BCUT2D eigenvalue weighted by molar-refractivity contribution is 0.0707. The third-order valence-corrected chi connectivity index (χ3v) is 5.37. The Morgan fingerprint density at radius 3 is 2.67 bits per heavy atom. The quantitative estimate of drug-likeness (QED) is 0.796. The largest absolute Gasteiger partial charge is 0.337 e. The maximum Gasteiger partial charge on any atom is 0.271 e. The molecule has 122 valence electrons. The molecule has 3 aromatic heterocycles. The molecule has 1 aliphatic rings. The molecule has 0 aliphatic carbocycles. The lowest BCUT2D eigenvalue weighted by Crippen LogP contribution is -2.38. The van der Waals surface area contributed by atoms with Crippen LogP contribution in [0.2, 0.25) is 0 Å². The van der Waals surface area contributed by atoms with Crippen LogP contribution in [0, 0.1) is 0 Å². The Labute approximate surface area is 143 Å². The third kappa shape index (κ3) is 2.94. The number of carbonyl (C=O) groups excluding carboxylic acids is 1. The van der Waals surface area contributed by atoms with E-state index in [0.29, 0.717) is 11.6 Å². The summed E-state index contributed by atoms with van der Waals surface area (Å²) >= 11 is 1.71. The van der Waals surface area contributed by atoms with Crippen LogP contribution in [0.25, 0.3) is 11.3 Å². The number of nitrogens with one attached hydrogen (secondary N) is 1. The van der Waals surface area contributed by atoms with Gasteiger partial charge in [0, 0.05) is 48.5 Å². The van der Waals surface area contributed by atoms with E-state index in [1.54, 1.807) is 36.0 Å². The van der Waals surface area contributed by atoms with Crippen molar-refractivity contribution in [3.63, 3.8) is 0 Å². The van der Waals surface area contributed by atoms with Gasteiger partial charge in [-0.25, -0.2) is 4.98 Å². The predicted molar refractivity (Wildman–Crippen MR) is 91.8 cm³/mol. The van der Waals surface area contributed by atoms with Gasteiger partial charge in [0.15, 0.2) is 0 Å². The van der Waals surface area contributed by atoms with Gasteiger partial charge in [0.05, 0.1) is 10.7 Å². The number of aromatic amines is 1. The Kier molecular flexibility index (Phi) is 4.08. The molecule has 4 rings (SSSR count). The van der Waals surface area contributed by atoms with E-state index < -0.39 is 0 Å². The highest BCUT2D eigenvalue weighted by Gasteiger charge is 2.26. The van der Waals surface area contributed by atoms with E-state index in [-0.39, 0.29) is 5.91 Å². The molecule has 1 saturated heterocycles. The van der Waals surface area contributed by atoms with E-state index in [4.69, 9.17) is 4.98 Å². The highest BCUT2D eigenvalue weighted by molar-refractivity contribution is 7.10. The molecule has 1 fully saturated rings. The van der Waals surface area contributed by atoms with Crippen molar-refractivity contribution in [1.82, 2.24) is 25.1 Å². The fourth-order valence-electron chi connectivity index (χ4n) is 3.01. The molecule has 4 heterocycles. The molecule has 0 atom stereocenters. The summed E-state index contributed by atoms with van der Waals surface area (Å²) in [6, 6.07) is 5.67. The minimum Gasteiger partial charge on any atom is -0.337 e. The summed E-state index contributed by atoms with van der Waals surface area (Å²) in [5, 5.41) is 9.86. The average molecular weight is 339 g/mol. The number of likely N-dealkylation sites (tertiary alicyclic amines) is 1. The molecular weight excluding hydrogens is 322 g/mol. The summed E-state index contributed by atoms with van der Waals surface area (Å²) in [7, 11) is 0. The summed E-state index contributed by atoms with van der Waals surface area (Å²) in [6.07, 6.45) is 7.07. The van der Waals surface area contributed by atoms with Crippen LogP contribution in [0.5, 0.6) is 0 Å². The number of hydrogen-bond donors (Lipinski definition) is 1. The first-order valence-electron chi connectivity index (χ1n) is 7.96. The Morgan fingerprint density at radius 1 is 1.17 bits per heavy atom. The maximum atomic E-state index is 12.3. The zero-order chi connectivity index (χ0) is 16.4. The summed E-state index contributed by atoms with van der Waals surface area (Å²) < 4.78 is 0. The second-order valence-corrected chi connectivity index (χ2v) is 6.73. The standard InChI is InChI=1S/C17H17N5OS/c23-17(14-3-8-19-21-14)22-9-4-13(5-10-22)16-20-15(11-24-16)12-1-6-18-7-2-12/h1-3,6-8,11,13H,4-5,9-10H2,(H,19,21). The molecule has 0 unspecified atom stereocenters. The van der Waals surface area contributed by atoms with Crippen LogP contribution in [-0.4, -0.2) is 44.1 Å². The van der Waals surface area contributed by atoms with Gasteiger partial charge in [0.1, 0.15) is 5.69 Å². The van der Waals surface area contributed by atoms with Gasteiger partial charge >= 0.3 is 0 Å².